The zero-order chi connectivity index (χ0) is 20.6. The Morgan fingerprint density at radius 1 is 1.25 bits per heavy atom. The topological polar surface area (TPSA) is 93.7 Å². The Morgan fingerprint density at radius 3 is 2.57 bits per heavy atom. The summed E-state index contributed by atoms with van der Waals surface area (Å²) in [6.07, 6.45) is 0.989. The molecule has 1 heterocycles. The Morgan fingerprint density at radius 2 is 1.96 bits per heavy atom. The molecule has 7 heteroatoms. The van der Waals surface area contributed by atoms with Crippen molar-refractivity contribution < 1.29 is 23.9 Å². The summed E-state index contributed by atoms with van der Waals surface area (Å²) in [7, 11) is 0. The molecule has 1 saturated heterocycles. The summed E-state index contributed by atoms with van der Waals surface area (Å²) in [5, 5.41) is 5.42. The number of ketones is 1. The lowest BCUT2D eigenvalue weighted by atomic mass is 9.97. The van der Waals surface area contributed by atoms with E-state index in [1.54, 1.807) is 20.8 Å². The number of alkyl carbamates (subject to hydrolysis) is 1. The van der Waals surface area contributed by atoms with Gasteiger partial charge >= 0.3 is 6.09 Å². The molecule has 1 aromatic carbocycles. The van der Waals surface area contributed by atoms with Gasteiger partial charge in [0.25, 0.3) is 0 Å². The van der Waals surface area contributed by atoms with Gasteiger partial charge in [-0.15, -0.1) is 0 Å². The molecule has 1 fully saturated rings. The molecule has 0 unspecified atom stereocenters. The molecule has 0 saturated carbocycles. The summed E-state index contributed by atoms with van der Waals surface area (Å²) in [6.45, 7) is 6.13. The fourth-order valence-corrected chi connectivity index (χ4v) is 3.00. The number of rotatable bonds is 9. The molecule has 2 N–H and O–H groups in total. The van der Waals surface area contributed by atoms with Gasteiger partial charge in [0, 0.05) is 12.5 Å². The van der Waals surface area contributed by atoms with Crippen molar-refractivity contribution >= 4 is 17.8 Å². The number of benzene rings is 1. The smallest absolute Gasteiger partial charge is 0.408 e. The molecule has 0 aliphatic carbocycles. The highest BCUT2D eigenvalue weighted by molar-refractivity contribution is 5.88. The van der Waals surface area contributed by atoms with Gasteiger partial charge in [0.2, 0.25) is 5.91 Å². The van der Waals surface area contributed by atoms with E-state index in [1.807, 2.05) is 30.3 Å². The van der Waals surface area contributed by atoms with E-state index in [-0.39, 0.29) is 24.2 Å². The zero-order valence-electron chi connectivity index (χ0n) is 16.8. The van der Waals surface area contributed by atoms with Gasteiger partial charge in [-0.3, -0.25) is 9.59 Å². The largest absolute Gasteiger partial charge is 0.444 e. The fourth-order valence-electron chi connectivity index (χ4n) is 3.00. The number of hydrogen-bond donors (Lipinski definition) is 2. The van der Waals surface area contributed by atoms with Crippen LogP contribution in [-0.2, 0) is 25.7 Å². The molecule has 0 bridgehead atoms. The summed E-state index contributed by atoms with van der Waals surface area (Å²) in [4.78, 5) is 36.5. The van der Waals surface area contributed by atoms with Gasteiger partial charge in [0.1, 0.15) is 12.2 Å². The average Bonchev–Trinajstić information content (AvgIpc) is 3.03. The van der Waals surface area contributed by atoms with Crippen molar-refractivity contribution in [3.05, 3.63) is 35.9 Å². The SMILES string of the molecule is CC(C)(C)OC(=O)N[C@@H](CC[C@@H]1CCNC1=O)C(=O)COCc1ccccc1. The Hall–Kier alpha value is -2.41. The van der Waals surface area contributed by atoms with E-state index in [9.17, 15) is 14.4 Å². The van der Waals surface area contributed by atoms with Crippen molar-refractivity contribution in [1.29, 1.82) is 0 Å². The maximum Gasteiger partial charge on any atom is 0.408 e. The molecule has 28 heavy (non-hydrogen) atoms. The van der Waals surface area contributed by atoms with Gasteiger partial charge < -0.3 is 20.1 Å². The van der Waals surface area contributed by atoms with Gasteiger partial charge in [-0.2, -0.15) is 0 Å². The third-order valence-corrected chi connectivity index (χ3v) is 4.40. The van der Waals surface area contributed by atoms with E-state index in [1.165, 1.54) is 0 Å². The predicted octanol–water partition coefficient (Wildman–Crippen LogP) is 2.58. The third kappa shape index (κ3) is 7.68. The van der Waals surface area contributed by atoms with Gasteiger partial charge in [0.05, 0.1) is 12.6 Å². The van der Waals surface area contributed by atoms with Crippen LogP contribution in [0.15, 0.2) is 30.3 Å². The summed E-state index contributed by atoms with van der Waals surface area (Å²) in [5.74, 6) is -0.357. The molecule has 1 aliphatic rings. The van der Waals surface area contributed by atoms with Crippen LogP contribution >= 0.6 is 0 Å². The number of ether oxygens (including phenoxy) is 2. The molecule has 0 radical (unpaired) electrons. The van der Waals surface area contributed by atoms with E-state index in [2.05, 4.69) is 10.6 Å². The summed E-state index contributed by atoms with van der Waals surface area (Å²) < 4.78 is 10.8. The van der Waals surface area contributed by atoms with Crippen LogP contribution in [0.2, 0.25) is 0 Å². The van der Waals surface area contributed by atoms with Crippen molar-refractivity contribution in [2.24, 2.45) is 5.92 Å². The number of carbonyl (C=O) groups excluding carboxylic acids is 3. The molecule has 1 aliphatic heterocycles. The van der Waals surface area contributed by atoms with Crippen molar-refractivity contribution in [1.82, 2.24) is 10.6 Å². The second-order valence-electron chi connectivity index (χ2n) is 8.00. The van der Waals surface area contributed by atoms with Crippen LogP contribution in [0.25, 0.3) is 0 Å². The van der Waals surface area contributed by atoms with Crippen molar-refractivity contribution in [2.45, 2.75) is 58.3 Å². The van der Waals surface area contributed by atoms with Crippen molar-refractivity contribution in [2.75, 3.05) is 13.2 Å². The third-order valence-electron chi connectivity index (χ3n) is 4.40. The van der Waals surface area contributed by atoms with Gasteiger partial charge in [0.15, 0.2) is 5.78 Å². The lowest BCUT2D eigenvalue weighted by molar-refractivity contribution is -0.127. The summed E-state index contributed by atoms with van der Waals surface area (Å²) in [6, 6.07) is 8.80. The second-order valence-corrected chi connectivity index (χ2v) is 8.00. The summed E-state index contributed by atoms with van der Waals surface area (Å²) in [5.41, 5.74) is 0.307. The van der Waals surface area contributed by atoms with Crippen LogP contribution in [-0.4, -0.2) is 42.6 Å². The first-order chi connectivity index (χ1) is 13.2. The van der Waals surface area contributed by atoms with Gasteiger partial charge in [-0.1, -0.05) is 30.3 Å². The molecule has 2 rings (SSSR count). The number of carbonyl (C=O) groups is 3. The predicted molar refractivity (Wildman–Crippen MR) is 105 cm³/mol. The van der Waals surface area contributed by atoms with Gasteiger partial charge in [-0.25, -0.2) is 4.79 Å². The number of Topliss-reactive ketones (excluding diaryl/α,β-unsaturated/α-hetero) is 1. The van der Waals surface area contributed by atoms with Crippen LogP contribution < -0.4 is 10.6 Å². The van der Waals surface area contributed by atoms with Crippen molar-refractivity contribution in [3.63, 3.8) is 0 Å². The Labute approximate surface area is 166 Å². The van der Waals surface area contributed by atoms with E-state index in [4.69, 9.17) is 9.47 Å². The fraction of sp³-hybridized carbons (Fsp3) is 0.571. The normalized spacial score (nSPS) is 17.7. The molecule has 1 aromatic rings. The van der Waals surface area contributed by atoms with Crippen molar-refractivity contribution in [3.8, 4) is 0 Å². The van der Waals surface area contributed by atoms with E-state index >= 15 is 0 Å². The first-order valence-electron chi connectivity index (χ1n) is 9.66. The monoisotopic (exact) mass is 390 g/mol. The standard InChI is InChI=1S/C21H30N2O5/c1-21(2,3)28-20(26)23-17(10-9-16-11-12-22-19(16)25)18(24)14-27-13-15-7-5-4-6-8-15/h4-8,16-17H,9-14H2,1-3H3,(H,22,25)(H,23,26)/t16-,17+/m1/s1. The maximum atomic E-state index is 12.6. The molecule has 0 spiro atoms. The Bertz CT molecular complexity index is 669. The average molecular weight is 390 g/mol. The lowest BCUT2D eigenvalue weighted by Crippen LogP contribution is -2.45. The highest BCUT2D eigenvalue weighted by Crippen LogP contribution is 2.18. The lowest BCUT2D eigenvalue weighted by Gasteiger charge is -2.23. The summed E-state index contributed by atoms with van der Waals surface area (Å²) >= 11 is 0. The Kier molecular flexibility index (Phi) is 7.99. The minimum absolute atomic E-state index is 0.00351. The number of hydrogen-bond acceptors (Lipinski definition) is 5. The molecule has 7 nitrogen and oxygen atoms in total. The number of amides is 2. The molecule has 154 valence electrons. The van der Waals surface area contributed by atoms with E-state index < -0.39 is 17.7 Å². The van der Waals surface area contributed by atoms with E-state index in [0.29, 0.717) is 26.0 Å². The van der Waals surface area contributed by atoms with Crippen LogP contribution in [0, 0.1) is 5.92 Å². The van der Waals surface area contributed by atoms with Crippen LogP contribution in [0.4, 0.5) is 4.79 Å². The van der Waals surface area contributed by atoms with E-state index in [0.717, 1.165) is 12.0 Å². The minimum Gasteiger partial charge on any atom is -0.444 e. The van der Waals surface area contributed by atoms with Gasteiger partial charge in [-0.05, 0) is 45.6 Å². The first kappa shape index (κ1) is 21.9. The minimum atomic E-state index is -0.751. The molecular formula is C21H30N2O5. The number of nitrogens with one attached hydrogen (secondary N) is 2. The zero-order valence-corrected chi connectivity index (χ0v) is 16.8. The quantitative estimate of drug-likeness (QED) is 0.676. The molecule has 2 atom stereocenters. The maximum absolute atomic E-state index is 12.6. The highest BCUT2D eigenvalue weighted by Gasteiger charge is 2.29. The first-order valence-corrected chi connectivity index (χ1v) is 9.66. The second kappa shape index (κ2) is 10.2. The van der Waals surface area contributed by atoms with Crippen LogP contribution in [0.5, 0.6) is 0 Å². The Balaban J connectivity index is 1.89. The molecule has 2 amide bonds. The van der Waals surface area contributed by atoms with Crippen LogP contribution in [0.1, 0.15) is 45.6 Å². The highest BCUT2D eigenvalue weighted by atomic mass is 16.6. The molecule has 0 aromatic heterocycles. The van der Waals surface area contributed by atoms with Crippen LogP contribution in [0.3, 0.4) is 0 Å². The molecular weight excluding hydrogens is 360 g/mol.